The van der Waals surface area contributed by atoms with E-state index in [0.29, 0.717) is 5.92 Å². The summed E-state index contributed by atoms with van der Waals surface area (Å²) in [4.78, 5) is 11.2. The van der Waals surface area contributed by atoms with Crippen LogP contribution in [-0.2, 0) is 6.54 Å². The highest BCUT2D eigenvalue weighted by Crippen LogP contribution is 2.27. The maximum atomic E-state index is 5.46. The van der Waals surface area contributed by atoms with Crippen molar-refractivity contribution in [3.05, 3.63) is 72.8 Å². The third kappa shape index (κ3) is 2.88. The van der Waals surface area contributed by atoms with Crippen molar-refractivity contribution >= 4 is 5.65 Å². The van der Waals surface area contributed by atoms with E-state index in [9.17, 15) is 0 Å². The van der Waals surface area contributed by atoms with E-state index < -0.39 is 0 Å². The third-order valence-corrected chi connectivity index (χ3v) is 4.96. The van der Waals surface area contributed by atoms with Gasteiger partial charge in [0.2, 0.25) is 0 Å². The molecule has 0 unspecified atom stereocenters. The van der Waals surface area contributed by atoms with Crippen molar-refractivity contribution in [1.82, 2.24) is 24.5 Å². The molecule has 0 bridgehead atoms. The summed E-state index contributed by atoms with van der Waals surface area (Å²) in [6.07, 6.45) is 8.45. The van der Waals surface area contributed by atoms with Crippen LogP contribution in [0.3, 0.4) is 0 Å². The van der Waals surface area contributed by atoms with Crippen molar-refractivity contribution < 1.29 is 4.42 Å². The molecule has 6 nitrogen and oxygen atoms in total. The smallest absolute Gasteiger partial charge is 0.156 e. The fourth-order valence-electron chi connectivity index (χ4n) is 3.60. The van der Waals surface area contributed by atoms with E-state index in [1.807, 2.05) is 41.0 Å². The molecule has 0 aromatic carbocycles. The fourth-order valence-corrected chi connectivity index (χ4v) is 3.60. The van der Waals surface area contributed by atoms with Crippen LogP contribution in [0.2, 0.25) is 0 Å². The Bertz CT molecular complexity index is 1010. The molecule has 6 heteroatoms. The molecule has 130 valence electrons. The van der Waals surface area contributed by atoms with Crippen molar-refractivity contribution in [2.75, 3.05) is 13.1 Å². The highest BCUT2D eigenvalue weighted by atomic mass is 16.3. The Labute approximate surface area is 151 Å². The molecule has 1 aliphatic rings. The molecule has 0 saturated carbocycles. The van der Waals surface area contributed by atoms with Crippen LogP contribution in [0.15, 0.2) is 65.7 Å². The number of hydrogen-bond acceptors (Lipinski definition) is 5. The summed E-state index contributed by atoms with van der Waals surface area (Å²) in [6.45, 7) is 2.86. The van der Waals surface area contributed by atoms with Crippen molar-refractivity contribution in [3.8, 4) is 11.1 Å². The summed E-state index contributed by atoms with van der Waals surface area (Å²) in [7, 11) is 0. The van der Waals surface area contributed by atoms with Gasteiger partial charge in [0, 0.05) is 36.6 Å². The number of rotatable bonds is 4. The van der Waals surface area contributed by atoms with E-state index in [-0.39, 0.29) is 0 Å². The summed E-state index contributed by atoms with van der Waals surface area (Å²) in [5, 5.41) is 4.75. The molecule has 5 heterocycles. The molecule has 1 aliphatic heterocycles. The molecule has 0 radical (unpaired) electrons. The van der Waals surface area contributed by atoms with Gasteiger partial charge >= 0.3 is 0 Å². The Morgan fingerprint density at radius 3 is 2.85 bits per heavy atom. The van der Waals surface area contributed by atoms with Gasteiger partial charge in [-0.25, -0.2) is 9.50 Å². The number of furan rings is 1. The van der Waals surface area contributed by atoms with Gasteiger partial charge in [0.25, 0.3) is 0 Å². The molecule has 0 N–H and O–H groups in total. The van der Waals surface area contributed by atoms with Crippen LogP contribution in [-0.4, -0.2) is 37.6 Å². The van der Waals surface area contributed by atoms with Crippen molar-refractivity contribution in [2.24, 2.45) is 0 Å². The number of nitrogens with zero attached hydrogens (tertiary/aromatic N) is 5. The number of pyridine rings is 2. The average molecular weight is 345 g/mol. The summed E-state index contributed by atoms with van der Waals surface area (Å²) < 4.78 is 7.35. The molecule has 0 aliphatic carbocycles. The van der Waals surface area contributed by atoms with E-state index in [4.69, 9.17) is 14.5 Å². The minimum Gasteiger partial charge on any atom is -0.468 e. The monoisotopic (exact) mass is 345 g/mol. The zero-order valence-electron chi connectivity index (χ0n) is 14.3. The second kappa shape index (κ2) is 6.38. The first-order valence-electron chi connectivity index (χ1n) is 8.86. The quantitative estimate of drug-likeness (QED) is 0.567. The van der Waals surface area contributed by atoms with Gasteiger partial charge in [0.05, 0.1) is 12.8 Å². The SMILES string of the molecule is c1coc(CN2CC[C@H](c3nc4ccc(-c5ccncc5)cn4n3)C2)c1. The summed E-state index contributed by atoms with van der Waals surface area (Å²) in [6, 6.07) is 12.1. The molecular formula is C20H19N5O. The lowest BCUT2D eigenvalue weighted by atomic mass is 10.1. The van der Waals surface area contributed by atoms with E-state index in [1.54, 1.807) is 18.7 Å². The summed E-state index contributed by atoms with van der Waals surface area (Å²) in [5.74, 6) is 2.31. The molecular weight excluding hydrogens is 326 g/mol. The van der Waals surface area contributed by atoms with Gasteiger partial charge in [-0.05, 0) is 54.9 Å². The standard InChI is InChI=1S/C20H19N5O/c1-2-18(26-11-1)14-24-10-7-17(12-24)20-22-19-4-3-16(13-25(19)23-20)15-5-8-21-9-6-15/h1-6,8-9,11,13,17H,7,10,12,14H2/t17-/m0/s1. The topological polar surface area (TPSA) is 59.5 Å². The summed E-state index contributed by atoms with van der Waals surface area (Å²) in [5.41, 5.74) is 3.13. The molecule has 4 aromatic rings. The van der Waals surface area contributed by atoms with Crippen LogP contribution in [0.1, 0.15) is 23.9 Å². The average Bonchev–Trinajstić information content (AvgIpc) is 3.42. The van der Waals surface area contributed by atoms with Gasteiger partial charge in [-0.3, -0.25) is 9.88 Å². The molecule has 5 rings (SSSR count). The highest BCUT2D eigenvalue weighted by molar-refractivity contribution is 5.63. The van der Waals surface area contributed by atoms with Crippen LogP contribution < -0.4 is 0 Å². The first-order valence-corrected chi connectivity index (χ1v) is 8.86. The van der Waals surface area contributed by atoms with Gasteiger partial charge in [0.15, 0.2) is 11.5 Å². The molecule has 1 saturated heterocycles. The van der Waals surface area contributed by atoms with E-state index >= 15 is 0 Å². The van der Waals surface area contributed by atoms with Crippen LogP contribution in [0.5, 0.6) is 0 Å². The molecule has 1 fully saturated rings. The van der Waals surface area contributed by atoms with Crippen LogP contribution in [0.25, 0.3) is 16.8 Å². The van der Waals surface area contributed by atoms with Crippen LogP contribution >= 0.6 is 0 Å². The maximum absolute atomic E-state index is 5.46. The second-order valence-corrected chi connectivity index (χ2v) is 6.73. The number of aromatic nitrogens is 4. The van der Waals surface area contributed by atoms with Crippen molar-refractivity contribution in [1.29, 1.82) is 0 Å². The van der Waals surface area contributed by atoms with Gasteiger partial charge in [-0.1, -0.05) is 0 Å². The first-order chi connectivity index (χ1) is 12.8. The minimum atomic E-state index is 0.370. The van der Waals surface area contributed by atoms with Crippen molar-refractivity contribution in [2.45, 2.75) is 18.9 Å². The Balaban J connectivity index is 1.36. The normalized spacial score (nSPS) is 17.9. The van der Waals surface area contributed by atoms with Gasteiger partial charge in [0.1, 0.15) is 5.76 Å². The first kappa shape index (κ1) is 15.3. The fraction of sp³-hybridized carbons (Fsp3) is 0.250. The minimum absolute atomic E-state index is 0.370. The molecule has 4 aromatic heterocycles. The maximum Gasteiger partial charge on any atom is 0.156 e. The Kier molecular flexibility index (Phi) is 3.75. The zero-order chi connectivity index (χ0) is 17.3. The lowest BCUT2D eigenvalue weighted by molar-refractivity contribution is 0.293. The number of likely N-dealkylation sites (tertiary alicyclic amines) is 1. The third-order valence-electron chi connectivity index (χ3n) is 4.96. The largest absolute Gasteiger partial charge is 0.468 e. The van der Waals surface area contributed by atoms with Gasteiger partial charge in [-0.15, -0.1) is 0 Å². The molecule has 26 heavy (non-hydrogen) atoms. The van der Waals surface area contributed by atoms with Gasteiger partial charge < -0.3 is 4.42 Å². The van der Waals surface area contributed by atoms with Crippen molar-refractivity contribution in [3.63, 3.8) is 0 Å². The number of hydrogen-bond donors (Lipinski definition) is 0. The highest BCUT2D eigenvalue weighted by Gasteiger charge is 2.27. The lowest BCUT2D eigenvalue weighted by Crippen LogP contribution is -2.19. The van der Waals surface area contributed by atoms with Crippen LogP contribution in [0, 0.1) is 0 Å². The Hall–Kier alpha value is -2.99. The Morgan fingerprint density at radius 2 is 2.00 bits per heavy atom. The van der Waals surface area contributed by atoms with E-state index in [1.165, 1.54) is 0 Å². The second-order valence-electron chi connectivity index (χ2n) is 6.73. The van der Waals surface area contributed by atoms with Gasteiger partial charge in [-0.2, -0.15) is 5.10 Å². The zero-order valence-corrected chi connectivity index (χ0v) is 14.3. The van der Waals surface area contributed by atoms with Crippen LogP contribution in [0.4, 0.5) is 0 Å². The van der Waals surface area contributed by atoms with E-state index in [2.05, 4.69) is 16.0 Å². The summed E-state index contributed by atoms with van der Waals surface area (Å²) >= 11 is 0. The number of fused-ring (bicyclic) bond motifs is 1. The molecule has 0 spiro atoms. The molecule has 1 atom stereocenters. The lowest BCUT2D eigenvalue weighted by Gasteiger charge is -2.12. The predicted molar refractivity (Wildman–Crippen MR) is 97.6 cm³/mol. The predicted octanol–water partition coefficient (Wildman–Crippen LogP) is 3.37. The van der Waals surface area contributed by atoms with E-state index in [0.717, 1.165) is 54.4 Å². The molecule has 0 amide bonds. The Morgan fingerprint density at radius 1 is 1.08 bits per heavy atom.